The average molecular weight is 245 g/mol. The highest BCUT2D eigenvalue weighted by atomic mass is 16.2. The van der Waals surface area contributed by atoms with Gasteiger partial charge in [-0.3, -0.25) is 9.59 Å². The maximum Gasteiger partial charge on any atom is 0.251 e. The summed E-state index contributed by atoms with van der Waals surface area (Å²) in [6.07, 6.45) is 0.248. The molecule has 2 N–H and O–H groups in total. The van der Waals surface area contributed by atoms with Gasteiger partial charge in [-0.05, 0) is 19.1 Å². The summed E-state index contributed by atoms with van der Waals surface area (Å²) >= 11 is 0. The highest BCUT2D eigenvalue weighted by molar-refractivity contribution is 5.96. The Morgan fingerprint density at radius 1 is 1.33 bits per heavy atom. The number of nitrogens with one attached hydrogen (secondary N) is 2. The number of nitriles is 1. The maximum atomic E-state index is 11.6. The number of rotatable bonds is 5. The number of carbonyl (C=O) groups excluding carboxylic acids is 2. The van der Waals surface area contributed by atoms with Crippen LogP contribution in [0.25, 0.3) is 0 Å². The van der Waals surface area contributed by atoms with Gasteiger partial charge in [0.2, 0.25) is 5.91 Å². The van der Waals surface area contributed by atoms with Crippen molar-refractivity contribution in [3.05, 3.63) is 35.9 Å². The molecule has 1 aromatic rings. The van der Waals surface area contributed by atoms with E-state index in [1.807, 2.05) is 12.1 Å². The van der Waals surface area contributed by atoms with Crippen molar-refractivity contribution in [2.45, 2.75) is 19.4 Å². The highest BCUT2D eigenvalue weighted by Gasteiger charge is 2.09. The molecule has 5 heteroatoms. The molecule has 0 aromatic heterocycles. The molecule has 0 unspecified atom stereocenters. The Morgan fingerprint density at radius 2 is 2.00 bits per heavy atom. The largest absolute Gasteiger partial charge is 0.351 e. The van der Waals surface area contributed by atoms with Gasteiger partial charge in [-0.25, -0.2) is 0 Å². The lowest BCUT2D eigenvalue weighted by Crippen LogP contribution is -2.40. The predicted octanol–water partition coefficient (Wildman–Crippen LogP) is 0.835. The number of carbonyl (C=O) groups is 2. The molecule has 18 heavy (non-hydrogen) atoms. The summed E-state index contributed by atoms with van der Waals surface area (Å²) in [6.45, 7) is 1.64. The van der Waals surface area contributed by atoms with Gasteiger partial charge >= 0.3 is 0 Å². The summed E-state index contributed by atoms with van der Waals surface area (Å²) in [5.41, 5.74) is 0.510. The Labute approximate surface area is 106 Å². The van der Waals surface area contributed by atoms with E-state index in [0.717, 1.165) is 0 Å². The molecule has 1 rings (SSSR count). The number of hydrogen-bond donors (Lipinski definition) is 2. The SMILES string of the molecule is C[C@@H](CC#N)NC(=O)CNC(=O)c1ccccc1. The first kappa shape index (κ1) is 13.7. The van der Waals surface area contributed by atoms with E-state index in [1.54, 1.807) is 31.2 Å². The Balaban J connectivity index is 2.35. The minimum atomic E-state index is -0.304. The molecule has 0 aliphatic rings. The van der Waals surface area contributed by atoms with Crippen molar-refractivity contribution in [2.75, 3.05) is 6.54 Å². The molecule has 0 aliphatic heterocycles. The van der Waals surface area contributed by atoms with Crippen molar-refractivity contribution in [3.63, 3.8) is 0 Å². The van der Waals surface area contributed by atoms with Gasteiger partial charge in [0.05, 0.1) is 19.0 Å². The van der Waals surface area contributed by atoms with Crippen LogP contribution in [-0.2, 0) is 4.79 Å². The third-order valence-corrected chi connectivity index (χ3v) is 2.25. The van der Waals surface area contributed by atoms with E-state index in [4.69, 9.17) is 5.26 Å². The first-order valence-electron chi connectivity index (χ1n) is 5.63. The van der Waals surface area contributed by atoms with E-state index in [2.05, 4.69) is 10.6 Å². The van der Waals surface area contributed by atoms with Crippen LogP contribution in [0, 0.1) is 11.3 Å². The van der Waals surface area contributed by atoms with Crippen LogP contribution in [0.5, 0.6) is 0 Å². The van der Waals surface area contributed by atoms with Crippen molar-refractivity contribution < 1.29 is 9.59 Å². The first-order chi connectivity index (χ1) is 8.63. The van der Waals surface area contributed by atoms with Crippen molar-refractivity contribution >= 4 is 11.8 Å². The molecule has 0 saturated heterocycles. The van der Waals surface area contributed by atoms with Crippen LogP contribution in [-0.4, -0.2) is 24.4 Å². The second-order valence-corrected chi connectivity index (χ2v) is 3.88. The van der Waals surface area contributed by atoms with Gasteiger partial charge in [-0.1, -0.05) is 18.2 Å². The number of benzene rings is 1. The summed E-state index contributed by atoms with van der Waals surface area (Å²) in [5.74, 6) is -0.597. The van der Waals surface area contributed by atoms with E-state index in [1.165, 1.54) is 0 Å². The lowest BCUT2D eigenvalue weighted by Gasteiger charge is -2.10. The van der Waals surface area contributed by atoms with Crippen molar-refractivity contribution in [3.8, 4) is 6.07 Å². The molecule has 0 saturated carbocycles. The van der Waals surface area contributed by atoms with Crippen LogP contribution in [0.1, 0.15) is 23.7 Å². The fourth-order valence-corrected chi connectivity index (χ4v) is 1.37. The molecule has 5 nitrogen and oxygen atoms in total. The Bertz CT molecular complexity index is 451. The average Bonchev–Trinajstić information content (AvgIpc) is 2.37. The fraction of sp³-hybridized carbons (Fsp3) is 0.308. The maximum absolute atomic E-state index is 11.6. The molecular formula is C13H15N3O2. The van der Waals surface area contributed by atoms with Crippen molar-refractivity contribution in [1.82, 2.24) is 10.6 Å². The van der Waals surface area contributed by atoms with Crippen LogP contribution in [0.15, 0.2) is 30.3 Å². The van der Waals surface area contributed by atoms with Gasteiger partial charge in [0.25, 0.3) is 5.91 Å². The number of nitrogens with zero attached hydrogens (tertiary/aromatic N) is 1. The molecule has 1 aromatic carbocycles. The minimum absolute atomic E-state index is 0.0938. The topological polar surface area (TPSA) is 82.0 Å². The van der Waals surface area contributed by atoms with Gasteiger partial charge < -0.3 is 10.6 Å². The molecule has 0 fully saturated rings. The van der Waals surface area contributed by atoms with E-state index >= 15 is 0 Å². The van der Waals surface area contributed by atoms with Crippen molar-refractivity contribution in [2.24, 2.45) is 0 Å². The molecule has 0 radical (unpaired) electrons. The zero-order chi connectivity index (χ0) is 13.4. The van der Waals surface area contributed by atoms with Gasteiger partial charge in [0, 0.05) is 11.6 Å². The number of hydrogen-bond acceptors (Lipinski definition) is 3. The molecule has 0 aliphatic carbocycles. The Kier molecular flexibility index (Phi) is 5.39. The normalized spacial score (nSPS) is 11.1. The van der Waals surface area contributed by atoms with Crippen LogP contribution in [0.3, 0.4) is 0 Å². The van der Waals surface area contributed by atoms with Crippen molar-refractivity contribution in [1.29, 1.82) is 5.26 Å². The molecule has 0 spiro atoms. The van der Waals surface area contributed by atoms with Gasteiger partial charge in [-0.2, -0.15) is 5.26 Å². The van der Waals surface area contributed by atoms with Crippen LogP contribution in [0.4, 0.5) is 0 Å². The van der Waals surface area contributed by atoms with Crippen LogP contribution < -0.4 is 10.6 Å². The molecular weight excluding hydrogens is 230 g/mol. The van der Waals surface area contributed by atoms with Crippen LogP contribution >= 0.6 is 0 Å². The molecule has 94 valence electrons. The number of amides is 2. The zero-order valence-electron chi connectivity index (χ0n) is 10.1. The van der Waals surface area contributed by atoms with Gasteiger partial charge in [-0.15, -0.1) is 0 Å². The van der Waals surface area contributed by atoms with Gasteiger partial charge in [0.15, 0.2) is 0 Å². The molecule has 0 bridgehead atoms. The quantitative estimate of drug-likeness (QED) is 0.806. The second-order valence-electron chi connectivity index (χ2n) is 3.88. The summed E-state index contributed by atoms with van der Waals surface area (Å²) in [4.78, 5) is 23.0. The molecule has 1 atom stereocenters. The standard InChI is InChI=1S/C13H15N3O2/c1-10(7-8-14)16-12(17)9-15-13(18)11-5-3-2-4-6-11/h2-6,10H,7,9H2,1H3,(H,15,18)(H,16,17)/t10-/m0/s1. The lowest BCUT2D eigenvalue weighted by atomic mass is 10.2. The predicted molar refractivity (Wildman–Crippen MR) is 66.6 cm³/mol. The molecule has 0 heterocycles. The lowest BCUT2D eigenvalue weighted by molar-refractivity contribution is -0.120. The van der Waals surface area contributed by atoms with E-state index in [0.29, 0.717) is 5.56 Å². The Morgan fingerprint density at radius 3 is 2.61 bits per heavy atom. The zero-order valence-corrected chi connectivity index (χ0v) is 10.1. The third-order valence-electron chi connectivity index (χ3n) is 2.25. The Hall–Kier alpha value is -2.35. The minimum Gasteiger partial charge on any atom is -0.351 e. The third kappa shape index (κ3) is 4.66. The second kappa shape index (κ2) is 7.07. The summed E-state index contributed by atoms with van der Waals surface area (Å²) < 4.78 is 0. The van der Waals surface area contributed by atoms with E-state index < -0.39 is 0 Å². The van der Waals surface area contributed by atoms with E-state index in [9.17, 15) is 9.59 Å². The summed E-state index contributed by atoms with van der Waals surface area (Å²) in [6, 6.07) is 10.4. The van der Waals surface area contributed by atoms with E-state index in [-0.39, 0.29) is 30.8 Å². The summed E-state index contributed by atoms with van der Waals surface area (Å²) in [7, 11) is 0. The first-order valence-corrected chi connectivity index (χ1v) is 5.63. The highest BCUT2D eigenvalue weighted by Crippen LogP contribution is 1.97. The smallest absolute Gasteiger partial charge is 0.251 e. The molecule has 2 amide bonds. The summed E-state index contributed by atoms with van der Waals surface area (Å²) in [5, 5.41) is 13.6. The monoisotopic (exact) mass is 245 g/mol. The van der Waals surface area contributed by atoms with Crippen LogP contribution in [0.2, 0.25) is 0 Å². The fourth-order valence-electron chi connectivity index (χ4n) is 1.37. The van der Waals surface area contributed by atoms with Gasteiger partial charge in [0.1, 0.15) is 0 Å².